The number of anilines is 1. The third kappa shape index (κ3) is 3.54. The molecule has 1 aromatic carbocycles. The predicted octanol–water partition coefficient (Wildman–Crippen LogP) is 3.44. The lowest BCUT2D eigenvalue weighted by Gasteiger charge is -2.21. The van der Waals surface area contributed by atoms with Crippen molar-refractivity contribution in [3.05, 3.63) is 51.6 Å². The fourth-order valence-corrected chi connectivity index (χ4v) is 2.87. The Morgan fingerprint density at radius 1 is 1.38 bits per heavy atom. The van der Waals surface area contributed by atoms with Crippen LogP contribution in [0.15, 0.2) is 34.9 Å². The Balaban J connectivity index is 2.48. The van der Waals surface area contributed by atoms with Gasteiger partial charge >= 0.3 is 0 Å². The standard InChI is InChI=1S/C16H20BrN3O/c1-4-19-15(12-7-10(2)9-20-16(12)18)11-5-6-14(21-3)13(17)8-11/h5-9,15,19H,4H2,1-3H3,(H2,18,20). The van der Waals surface area contributed by atoms with Gasteiger partial charge in [0.05, 0.1) is 17.6 Å². The Morgan fingerprint density at radius 2 is 2.14 bits per heavy atom. The number of hydrogen-bond acceptors (Lipinski definition) is 4. The van der Waals surface area contributed by atoms with Crippen molar-refractivity contribution in [1.29, 1.82) is 0 Å². The number of methoxy groups -OCH3 is 1. The number of nitrogen functional groups attached to an aromatic ring is 1. The number of halogens is 1. The van der Waals surface area contributed by atoms with Gasteiger partial charge in [0.25, 0.3) is 0 Å². The second-order valence-electron chi connectivity index (χ2n) is 4.87. The van der Waals surface area contributed by atoms with Crippen LogP contribution in [0, 0.1) is 6.92 Å². The molecule has 4 nitrogen and oxygen atoms in total. The van der Waals surface area contributed by atoms with E-state index < -0.39 is 0 Å². The van der Waals surface area contributed by atoms with Crippen molar-refractivity contribution < 1.29 is 4.74 Å². The van der Waals surface area contributed by atoms with Gasteiger partial charge in [-0.25, -0.2) is 4.98 Å². The van der Waals surface area contributed by atoms with Crippen LogP contribution in [0.1, 0.15) is 29.7 Å². The summed E-state index contributed by atoms with van der Waals surface area (Å²) in [5, 5.41) is 3.47. The molecule has 112 valence electrons. The van der Waals surface area contributed by atoms with Crippen molar-refractivity contribution in [3.63, 3.8) is 0 Å². The molecule has 21 heavy (non-hydrogen) atoms. The number of ether oxygens (including phenoxy) is 1. The SMILES string of the molecule is CCNC(c1ccc(OC)c(Br)c1)c1cc(C)cnc1N. The van der Waals surface area contributed by atoms with E-state index in [1.165, 1.54) is 0 Å². The zero-order valence-corrected chi connectivity index (χ0v) is 14.1. The first kappa shape index (κ1) is 15.8. The number of hydrogen-bond donors (Lipinski definition) is 2. The monoisotopic (exact) mass is 349 g/mol. The van der Waals surface area contributed by atoms with Gasteiger partial charge in [0, 0.05) is 11.8 Å². The Kier molecular flexibility index (Phi) is 5.20. The number of pyridine rings is 1. The van der Waals surface area contributed by atoms with Crippen LogP contribution in [0.2, 0.25) is 0 Å². The van der Waals surface area contributed by atoms with E-state index >= 15 is 0 Å². The van der Waals surface area contributed by atoms with E-state index in [9.17, 15) is 0 Å². The van der Waals surface area contributed by atoms with Crippen LogP contribution >= 0.6 is 15.9 Å². The van der Waals surface area contributed by atoms with Crippen LogP contribution in [0.25, 0.3) is 0 Å². The van der Waals surface area contributed by atoms with Gasteiger partial charge in [0.2, 0.25) is 0 Å². The molecule has 1 heterocycles. The summed E-state index contributed by atoms with van der Waals surface area (Å²) < 4.78 is 6.20. The number of rotatable bonds is 5. The van der Waals surface area contributed by atoms with E-state index in [0.717, 1.165) is 33.5 Å². The van der Waals surface area contributed by atoms with Gasteiger partial charge in [0.15, 0.2) is 0 Å². The minimum atomic E-state index is 0.00426. The molecule has 0 fully saturated rings. The number of aromatic nitrogens is 1. The maximum atomic E-state index is 6.06. The van der Waals surface area contributed by atoms with Crippen molar-refractivity contribution in [1.82, 2.24) is 10.3 Å². The van der Waals surface area contributed by atoms with Crippen LogP contribution in [-0.4, -0.2) is 18.6 Å². The lowest BCUT2D eigenvalue weighted by molar-refractivity contribution is 0.412. The highest BCUT2D eigenvalue weighted by molar-refractivity contribution is 9.10. The third-order valence-corrected chi connectivity index (χ3v) is 3.93. The second kappa shape index (κ2) is 6.91. The molecule has 0 amide bonds. The summed E-state index contributed by atoms with van der Waals surface area (Å²) >= 11 is 3.53. The highest BCUT2D eigenvalue weighted by Crippen LogP contribution is 2.32. The summed E-state index contributed by atoms with van der Waals surface area (Å²) in [4.78, 5) is 4.26. The van der Waals surface area contributed by atoms with Gasteiger partial charge in [-0.1, -0.05) is 13.0 Å². The zero-order chi connectivity index (χ0) is 15.4. The molecule has 0 aliphatic carbocycles. The van der Waals surface area contributed by atoms with Crippen molar-refractivity contribution in [2.75, 3.05) is 19.4 Å². The van der Waals surface area contributed by atoms with Crippen LogP contribution < -0.4 is 15.8 Å². The smallest absolute Gasteiger partial charge is 0.133 e. The molecule has 1 atom stereocenters. The van der Waals surface area contributed by atoms with Crippen molar-refractivity contribution in [2.24, 2.45) is 0 Å². The first-order valence-corrected chi connectivity index (χ1v) is 7.65. The molecule has 1 unspecified atom stereocenters. The fraction of sp³-hybridized carbons (Fsp3) is 0.312. The third-order valence-electron chi connectivity index (χ3n) is 3.31. The first-order valence-electron chi connectivity index (χ1n) is 6.85. The Bertz CT molecular complexity index is 631. The summed E-state index contributed by atoms with van der Waals surface area (Å²) in [5.74, 6) is 1.36. The molecule has 0 bridgehead atoms. The predicted molar refractivity (Wildman–Crippen MR) is 89.6 cm³/mol. The topological polar surface area (TPSA) is 60.2 Å². The Hall–Kier alpha value is -1.59. The Labute approximate surface area is 133 Å². The molecule has 1 aromatic heterocycles. The van der Waals surface area contributed by atoms with Gasteiger partial charge in [-0.2, -0.15) is 0 Å². The van der Waals surface area contributed by atoms with Gasteiger partial charge in [-0.3, -0.25) is 0 Å². The summed E-state index contributed by atoms with van der Waals surface area (Å²) in [5.41, 5.74) is 9.27. The molecule has 0 aliphatic heterocycles. The molecule has 0 spiro atoms. The number of benzene rings is 1. The van der Waals surface area contributed by atoms with Crippen molar-refractivity contribution in [3.8, 4) is 5.75 Å². The number of nitrogens with two attached hydrogens (primary N) is 1. The van der Waals surface area contributed by atoms with Gasteiger partial charge in [-0.15, -0.1) is 0 Å². The molecule has 2 aromatic rings. The molecule has 0 saturated heterocycles. The summed E-state index contributed by atoms with van der Waals surface area (Å²) in [6.07, 6.45) is 1.78. The number of nitrogens with zero attached hydrogens (tertiary/aromatic N) is 1. The molecular weight excluding hydrogens is 330 g/mol. The highest BCUT2D eigenvalue weighted by Gasteiger charge is 2.18. The minimum Gasteiger partial charge on any atom is -0.496 e. The Morgan fingerprint density at radius 3 is 2.76 bits per heavy atom. The van der Waals surface area contributed by atoms with Crippen LogP contribution in [0.3, 0.4) is 0 Å². The van der Waals surface area contributed by atoms with E-state index in [2.05, 4.69) is 39.2 Å². The quantitative estimate of drug-likeness (QED) is 0.867. The van der Waals surface area contributed by atoms with Crippen molar-refractivity contribution in [2.45, 2.75) is 19.9 Å². The first-order chi connectivity index (χ1) is 10.1. The second-order valence-corrected chi connectivity index (χ2v) is 5.73. The van der Waals surface area contributed by atoms with E-state index in [0.29, 0.717) is 5.82 Å². The highest BCUT2D eigenvalue weighted by atomic mass is 79.9. The average molecular weight is 350 g/mol. The van der Waals surface area contributed by atoms with Gasteiger partial charge < -0.3 is 15.8 Å². The fourth-order valence-electron chi connectivity index (χ4n) is 2.31. The number of aryl methyl sites for hydroxylation is 1. The molecule has 3 N–H and O–H groups in total. The minimum absolute atomic E-state index is 0.00426. The lowest BCUT2D eigenvalue weighted by Crippen LogP contribution is -2.23. The molecular formula is C16H20BrN3O. The van der Waals surface area contributed by atoms with Crippen molar-refractivity contribution >= 4 is 21.7 Å². The van der Waals surface area contributed by atoms with Crippen LogP contribution in [0.5, 0.6) is 5.75 Å². The summed E-state index contributed by atoms with van der Waals surface area (Å²) in [6.45, 7) is 4.93. The largest absolute Gasteiger partial charge is 0.496 e. The molecule has 2 rings (SSSR count). The van der Waals surface area contributed by atoms with E-state index in [1.54, 1.807) is 13.3 Å². The summed E-state index contributed by atoms with van der Waals surface area (Å²) in [6, 6.07) is 8.12. The maximum absolute atomic E-state index is 6.06. The number of nitrogens with one attached hydrogen (secondary N) is 1. The molecule has 5 heteroatoms. The maximum Gasteiger partial charge on any atom is 0.133 e. The molecule has 0 saturated carbocycles. The van der Waals surface area contributed by atoms with Crippen LogP contribution in [0.4, 0.5) is 5.82 Å². The van der Waals surface area contributed by atoms with Crippen LogP contribution in [-0.2, 0) is 0 Å². The average Bonchev–Trinajstić information content (AvgIpc) is 2.47. The normalized spacial score (nSPS) is 12.2. The van der Waals surface area contributed by atoms with Gasteiger partial charge in [-0.05, 0) is 58.7 Å². The van der Waals surface area contributed by atoms with E-state index in [-0.39, 0.29) is 6.04 Å². The van der Waals surface area contributed by atoms with E-state index in [1.807, 2.05) is 25.1 Å². The van der Waals surface area contributed by atoms with Gasteiger partial charge in [0.1, 0.15) is 11.6 Å². The van der Waals surface area contributed by atoms with E-state index in [4.69, 9.17) is 10.5 Å². The molecule has 0 radical (unpaired) electrons. The lowest BCUT2D eigenvalue weighted by atomic mass is 9.98. The molecule has 0 aliphatic rings. The summed E-state index contributed by atoms with van der Waals surface area (Å²) in [7, 11) is 1.66. The zero-order valence-electron chi connectivity index (χ0n) is 12.5.